The number of hydrogen-bond acceptors (Lipinski definition) is 4. The van der Waals surface area contributed by atoms with Crippen LogP contribution >= 0.6 is 11.3 Å². The van der Waals surface area contributed by atoms with E-state index in [1.807, 2.05) is 48.5 Å². The van der Waals surface area contributed by atoms with E-state index >= 15 is 0 Å². The number of rotatable bonds is 2. The largest absolute Gasteiger partial charge is 0.288 e. The van der Waals surface area contributed by atoms with E-state index < -0.39 is 0 Å². The Labute approximate surface area is 149 Å². The van der Waals surface area contributed by atoms with Gasteiger partial charge in [0.25, 0.3) is 0 Å². The van der Waals surface area contributed by atoms with Crippen molar-refractivity contribution < 1.29 is 4.79 Å². The van der Waals surface area contributed by atoms with Crippen molar-refractivity contribution in [1.82, 2.24) is 4.98 Å². The van der Waals surface area contributed by atoms with Crippen LogP contribution in [0.2, 0.25) is 0 Å². The number of carbonyl (C=O) groups excluding carboxylic acids is 1. The van der Waals surface area contributed by atoms with E-state index in [4.69, 9.17) is 5.26 Å². The monoisotopic (exact) mass is 342 g/mol. The lowest BCUT2D eigenvalue weighted by atomic mass is 9.94. The van der Waals surface area contributed by atoms with Gasteiger partial charge in [0.05, 0.1) is 22.2 Å². The third-order valence-electron chi connectivity index (χ3n) is 4.23. The molecular weight excluding hydrogens is 328 g/mol. The molecule has 0 unspecified atom stereocenters. The Kier molecular flexibility index (Phi) is 4.01. The van der Waals surface area contributed by atoms with Gasteiger partial charge in [0.15, 0.2) is 0 Å². The van der Waals surface area contributed by atoms with Crippen LogP contribution in [0.1, 0.15) is 32.9 Å². The molecule has 0 spiro atoms. The maximum atomic E-state index is 12.8. The van der Waals surface area contributed by atoms with Crippen LogP contribution in [-0.4, -0.2) is 10.8 Å². The molecule has 0 saturated carbocycles. The van der Waals surface area contributed by atoms with Crippen molar-refractivity contribution in [3.05, 3.63) is 81.9 Å². The quantitative estimate of drug-likeness (QED) is 0.623. The molecule has 25 heavy (non-hydrogen) atoms. The third kappa shape index (κ3) is 3.02. The number of hydrogen-bond donors (Lipinski definition) is 0. The van der Waals surface area contributed by atoms with E-state index in [0.29, 0.717) is 12.0 Å². The molecule has 1 heterocycles. The molecule has 0 bridgehead atoms. The lowest BCUT2D eigenvalue weighted by molar-refractivity contribution is 0.103. The second-order valence-electron chi connectivity index (χ2n) is 5.89. The van der Waals surface area contributed by atoms with E-state index in [1.54, 1.807) is 12.1 Å². The molecule has 1 aromatic heterocycles. The highest BCUT2D eigenvalue weighted by Crippen LogP contribution is 2.34. The van der Waals surface area contributed by atoms with Crippen LogP contribution in [0.4, 0.5) is 0 Å². The third-order valence-corrected chi connectivity index (χ3v) is 5.37. The fraction of sp³-hybridized carbons (Fsp3) is 0.0952. The summed E-state index contributed by atoms with van der Waals surface area (Å²) in [7, 11) is 0. The highest BCUT2D eigenvalue weighted by atomic mass is 32.1. The summed E-state index contributed by atoms with van der Waals surface area (Å²) in [4.78, 5) is 18.3. The van der Waals surface area contributed by atoms with Crippen LogP contribution in [0.5, 0.6) is 0 Å². The Morgan fingerprint density at radius 3 is 2.52 bits per heavy atom. The molecule has 0 fully saturated rings. The predicted molar refractivity (Wildman–Crippen MR) is 99.3 cm³/mol. The summed E-state index contributed by atoms with van der Waals surface area (Å²) < 4.78 is 0. The first-order chi connectivity index (χ1) is 12.2. The number of allylic oxidation sites excluding steroid dienone is 1. The smallest absolute Gasteiger partial charge is 0.200 e. The predicted octanol–water partition coefficient (Wildman–Crippen LogP) is 4.89. The van der Waals surface area contributed by atoms with E-state index in [0.717, 1.165) is 38.7 Å². The molecule has 0 aliphatic heterocycles. The molecule has 3 nitrogen and oxygen atoms in total. The summed E-state index contributed by atoms with van der Waals surface area (Å²) in [6.07, 6.45) is 3.41. The molecule has 0 amide bonds. The fourth-order valence-corrected chi connectivity index (χ4v) is 4.00. The SMILES string of the molecule is N#Cc1ccc(/C=C2\CCc3nc(-c4ccccc4)sc3C2=O)cc1. The van der Waals surface area contributed by atoms with Gasteiger partial charge in [-0.1, -0.05) is 42.5 Å². The summed E-state index contributed by atoms with van der Waals surface area (Å²) in [6.45, 7) is 0. The summed E-state index contributed by atoms with van der Waals surface area (Å²) >= 11 is 1.47. The van der Waals surface area contributed by atoms with Crippen molar-refractivity contribution >= 4 is 23.2 Å². The van der Waals surface area contributed by atoms with Crippen LogP contribution in [0.3, 0.4) is 0 Å². The fourth-order valence-electron chi connectivity index (χ4n) is 2.91. The Balaban J connectivity index is 1.66. The van der Waals surface area contributed by atoms with Crippen molar-refractivity contribution in [2.45, 2.75) is 12.8 Å². The number of aryl methyl sites for hydroxylation is 1. The number of fused-ring (bicyclic) bond motifs is 1. The Bertz CT molecular complexity index is 1010. The standard InChI is InChI=1S/C21H14N2OS/c22-13-15-8-6-14(7-9-15)12-17-10-11-18-20(19(17)24)25-21(23-18)16-4-2-1-3-5-16/h1-9,12H,10-11H2/b17-12+. The molecule has 0 atom stereocenters. The van der Waals surface area contributed by atoms with E-state index in [1.165, 1.54) is 11.3 Å². The summed E-state index contributed by atoms with van der Waals surface area (Å²) in [5.74, 6) is 0.0743. The van der Waals surface area contributed by atoms with Crippen molar-refractivity contribution in [2.24, 2.45) is 0 Å². The molecule has 3 aromatic rings. The number of thiazole rings is 1. The molecule has 2 aromatic carbocycles. The summed E-state index contributed by atoms with van der Waals surface area (Å²) in [5, 5.41) is 9.77. The molecule has 0 saturated heterocycles. The molecule has 1 aliphatic carbocycles. The van der Waals surface area contributed by atoms with Crippen molar-refractivity contribution in [3.8, 4) is 16.6 Å². The first kappa shape index (κ1) is 15.5. The van der Waals surface area contributed by atoms with Gasteiger partial charge in [-0.05, 0) is 36.6 Å². The minimum atomic E-state index is 0.0743. The van der Waals surface area contributed by atoms with Gasteiger partial charge in [0.1, 0.15) is 5.01 Å². The number of benzene rings is 2. The second-order valence-corrected chi connectivity index (χ2v) is 6.89. The number of aromatic nitrogens is 1. The molecule has 0 N–H and O–H groups in total. The maximum Gasteiger partial charge on any atom is 0.200 e. The van der Waals surface area contributed by atoms with Gasteiger partial charge >= 0.3 is 0 Å². The van der Waals surface area contributed by atoms with Crippen molar-refractivity contribution in [1.29, 1.82) is 5.26 Å². The lowest BCUT2D eigenvalue weighted by Gasteiger charge is -2.12. The zero-order valence-corrected chi connectivity index (χ0v) is 14.2. The average Bonchev–Trinajstić information content (AvgIpc) is 3.11. The second kappa shape index (κ2) is 6.46. The minimum absolute atomic E-state index is 0.0743. The van der Waals surface area contributed by atoms with Crippen molar-refractivity contribution in [2.75, 3.05) is 0 Å². The Morgan fingerprint density at radius 1 is 1.04 bits per heavy atom. The number of ketones is 1. The van der Waals surface area contributed by atoms with Gasteiger partial charge in [-0.25, -0.2) is 4.98 Å². The molecular formula is C21H14N2OS. The number of Topliss-reactive ketones (excluding diaryl/α,β-unsaturated/α-hetero) is 1. The first-order valence-corrected chi connectivity index (χ1v) is 8.87. The Hall–Kier alpha value is -3.03. The van der Waals surface area contributed by atoms with E-state index in [2.05, 4.69) is 11.1 Å². The minimum Gasteiger partial charge on any atom is -0.288 e. The molecule has 4 rings (SSSR count). The lowest BCUT2D eigenvalue weighted by Crippen LogP contribution is -2.12. The van der Waals surface area contributed by atoms with Gasteiger partial charge in [-0.15, -0.1) is 11.3 Å². The zero-order valence-electron chi connectivity index (χ0n) is 13.4. The van der Waals surface area contributed by atoms with Crippen LogP contribution in [0.15, 0.2) is 60.2 Å². The van der Waals surface area contributed by atoms with Gasteiger partial charge in [-0.2, -0.15) is 5.26 Å². The number of nitrogens with zero attached hydrogens (tertiary/aromatic N) is 2. The summed E-state index contributed by atoms with van der Waals surface area (Å²) in [6, 6.07) is 19.3. The highest BCUT2D eigenvalue weighted by Gasteiger charge is 2.26. The molecule has 1 aliphatic rings. The topological polar surface area (TPSA) is 53.8 Å². The van der Waals surface area contributed by atoms with Crippen LogP contribution in [0, 0.1) is 11.3 Å². The molecule has 0 radical (unpaired) electrons. The molecule has 4 heteroatoms. The maximum absolute atomic E-state index is 12.8. The van der Waals surface area contributed by atoms with Crippen LogP contribution < -0.4 is 0 Å². The van der Waals surface area contributed by atoms with E-state index in [9.17, 15) is 4.79 Å². The molecule has 120 valence electrons. The Morgan fingerprint density at radius 2 is 1.80 bits per heavy atom. The van der Waals surface area contributed by atoms with Gasteiger partial charge in [0, 0.05) is 11.1 Å². The van der Waals surface area contributed by atoms with Crippen LogP contribution in [-0.2, 0) is 6.42 Å². The zero-order chi connectivity index (χ0) is 17.2. The summed E-state index contributed by atoms with van der Waals surface area (Å²) in [5.41, 5.74) is 4.33. The van der Waals surface area contributed by atoms with Gasteiger partial charge in [0.2, 0.25) is 5.78 Å². The normalized spacial score (nSPS) is 15.0. The van der Waals surface area contributed by atoms with Gasteiger partial charge in [-0.3, -0.25) is 4.79 Å². The first-order valence-electron chi connectivity index (χ1n) is 8.05. The number of carbonyl (C=O) groups is 1. The highest BCUT2D eigenvalue weighted by molar-refractivity contribution is 7.17. The average molecular weight is 342 g/mol. The van der Waals surface area contributed by atoms with Crippen molar-refractivity contribution in [3.63, 3.8) is 0 Å². The van der Waals surface area contributed by atoms with E-state index in [-0.39, 0.29) is 5.78 Å². The number of nitriles is 1. The van der Waals surface area contributed by atoms with Crippen LogP contribution in [0.25, 0.3) is 16.6 Å². The van der Waals surface area contributed by atoms with Gasteiger partial charge < -0.3 is 0 Å².